The van der Waals surface area contributed by atoms with Crippen LogP contribution in [0.15, 0.2) is 42.6 Å². The second-order valence-corrected chi connectivity index (χ2v) is 10.3. The topological polar surface area (TPSA) is 133 Å². The van der Waals surface area contributed by atoms with Crippen LogP contribution in [0.3, 0.4) is 0 Å². The zero-order valence-corrected chi connectivity index (χ0v) is 23.7. The molecule has 11 heteroatoms. The van der Waals surface area contributed by atoms with E-state index in [0.717, 1.165) is 57.5 Å². The molecule has 2 N–H and O–H groups in total. The van der Waals surface area contributed by atoms with Crippen molar-refractivity contribution in [1.29, 1.82) is 0 Å². The summed E-state index contributed by atoms with van der Waals surface area (Å²) in [5.41, 5.74) is 2.37. The van der Waals surface area contributed by atoms with Crippen molar-refractivity contribution in [3.8, 4) is 23.0 Å². The van der Waals surface area contributed by atoms with E-state index >= 15 is 0 Å². The summed E-state index contributed by atoms with van der Waals surface area (Å²) < 4.78 is 53.0. The molecule has 10 nitrogen and oxygen atoms in total. The number of nitrogens with zero attached hydrogens (tertiary/aromatic N) is 1. The number of carboxylic acids is 1. The predicted octanol–water partition coefficient (Wildman–Crippen LogP) is 4.46. The molecule has 4 rings (SSSR count). The van der Waals surface area contributed by atoms with Gasteiger partial charge in [0.15, 0.2) is 40.1 Å². The van der Waals surface area contributed by atoms with Crippen molar-refractivity contribution in [1.82, 2.24) is 0 Å². The van der Waals surface area contributed by atoms with Gasteiger partial charge in [0.05, 0.1) is 39.2 Å². The van der Waals surface area contributed by atoms with Gasteiger partial charge in [-0.05, 0) is 47.9 Å². The number of aromatic nitrogens is 1. The number of fused-ring (bicyclic) bond motifs is 4. The van der Waals surface area contributed by atoms with Gasteiger partial charge >= 0.3 is 5.97 Å². The summed E-state index contributed by atoms with van der Waals surface area (Å²) in [5.74, 6) is 1.39. The van der Waals surface area contributed by atoms with Gasteiger partial charge in [0.1, 0.15) is 0 Å². The Balaban J connectivity index is 0.000000360. The molecule has 4 aromatic rings. The van der Waals surface area contributed by atoms with Gasteiger partial charge in [0.2, 0.25) is 5.52 Å². The maximum Gasteiger partial charge on any atom is 0.324 e. The molecule has 2 aromatic carbocycles. The average Bonchev–Trinajstić information content (AvgIpc) is 2.90. The summed E-state index contributed by atoms with van der Waals surface area (Å²) in [5, 5.41) is 11.0. The Hall–Kier alpha value is -3.83. The summed E-state index contributed by atoms with van der Waals surface area (Å²) in [6.45, 7) is 3.56. The van der Waals surface area contributed by atoms with E-state index < -0.39 is 21.3 Å². The molecule has 1 unspecified atom stereocenters. The Morgan fingerprint density at radius 1 is 0.846 bits per heavy atom. The molecule has 0 aliphatic rings. The monoisotopic (exact) mass is 560 g/mol. The van der Waals surface area contributed by atoms with Crippen molar-refractivity contribution in [2.24, 2.45) is 0 Å². The van der Waals surface area contributed by atoms with Gasteiger partial charge < -0.3 is 24.1 Å². The molecule has 0 radical (unpaired) electrons. The number of carboxylic acid groups (broad SMARTS) is 1. The van der Waals surface area contributed by atoms with Crippen LogP contribution in [0.1, 0.15) is 32.4 Å². The van der Waals surface area contributed by atoms with E-state index in [1.807, 2.05) is 18.2 Å². The van der Waals surface area contributed by atoms with Crippen molar-refractivity contribution >= 4 is 43.1 Å². The van der Waals surface area contributed by atoms with Gasteiger partial charge in [0, 0.05) is 18.6 Å². The summed E-state index contributed by atoms with van der Waals surface area (Å²) in [6.07, 6.45) is 3.99. The van der Waals surface area contributed by atoms with E-state index in [-0.39, 0.29) is 6.42 Å². The van der Waals surface area contributed by atoms with Crippen LogP contribution in [0.4, 0.5) is 0 Å². The quantitative estimate of drug-likeness (QED) is 0.132. The number of methoxy groups -OCH3 is 4. The van der Waals surface area contributed by atoms with E-state index in [0.29, 0.717) is 0 Å². The van der Waals surface area contributed by atoms with Crippen molar-refractivity contribution in [2.75, 3.05) is 28.4 Å². The molecule has 0 saturated carbocycles. The highest BCUT2D eigenvalue weighted by atomic mass is 32.2. The van der Waals surface area contributed by atoms with Crippen LogP contribution >= 0.6 is 0 Å². The van der Waals surface area contributed by atoms with Crippen LogP contribution in [0, 0.1) is 0 Å². The summed E-state index contributed by atoms with van der Waals surface area (Å²) in [6, 6.07) is 12.5. The third-order valence-electron chi connectivity index (χ3n) is 6.44. The zero-order valence-electron chi connectivity index (χ0n) is 22.8. The van der Waals surface area contributed by atoms with Gasteiger partial charge in [-0.1, -0.05) is 13.8 Å². The molecular formula is C28H34NO9S+. The van der Waals surface area contributed by atoms with E-state index in [1.165, 1.54) is 18.0 Å². The van der Waals surface area contributed by atoms with E-state index in [4.69, 9.17) is 28.6 Å². The van der Waals surface area contributed by atoms with Crippen LogP contribution in [0.25, 0.3) is 27.1 Å². The van der Waals surface area contributed by atoms with Crippen LogP contribution in [-0.4, -0.2) is 57.7 Å². The lowest BCUT2D eigenvalue weighted by molar-refractivity contribution is -0.518. The van der Waals surface area contributed by atoms with Crippen molar-refractivity contribution in [3.05, 3.63) is 48.3 Å². The molecule has 39 heavy (non-hydrogen) atoms. The summed E-state index contributed by atoms with van der Waals surface area (Å²) >= 11 is 0. The van der Waals surface area contributed by atoms with Gasteiger partial charge in [0.25, 0.3) is 10.1 Å². The first-order valence-corrected chi connectivity index (χ1v) is 13.8. The number of rotatable bonds is 9. The first-order valence-electron chi connectivity index (χ1n) is 12.3. The normalized spacial score (nSPS) is 12.1. The minimum atomic E-state index is -4.41. The second-order valence-electron chi connectivity index (χ2n) is 8.75. The Morgan fingerprint density at radius 2 is 1.36 bits per heavy atom. The minimum Gasteiger partial charge on any atom is -0.493 e. The van der Waals surface area contributed by atoms with Gasteiger partial charge in [-0.25, -0.2) is 0 Å². The fourth-order valence-corrected chi connectivity index (χ4v) is 5.22. The number of pyridine rings is 2. The number of hydrogen-bond donors (Lipinski definition) is 2. The van der Waals surface area contributed by atoms with Crippen LogP contribution in [-0.2, 0) is 21.3 Å². The molecule has 0 amide bonds. The van der Waals surface area contributed by atoms with Gasteiger partial charge in [-0.3, -0.25) is 9.35 Å². The minimum absolute atomic E-state index is 0.131. The number of ether oxygens (including phenoxy) is 4. The molecule has 2 heterocycles. The van der Waals surface area contributed by atoms with Crippen molar-refractivity contribution < 1.29 is 46.2 Å². The fourth-order valence-electron chi connectivity index (χ4n) is 4.55. The van der Waals surface area contributed by atoms with Crippen molar-refractivity contribution in [2.45, 2.75) is 38.4 Å². The number of aryl methyl sites for hydroxylation is 1. The standard InChI is InChI=1S/C24H26NO4.C4H8O5S/c1-6-7-19-18-14-24(29-5)22(27-3)12-16(18)10-20-17-13-23(28-4)21(26-2)11-15(17)8-9-25(19)20;1-2-3(4(5)6)10(7,8)9/h8-14H,6-7H2,1-5H3;3H,2H2,1H3,(H,5,6)(H,7,8,9)/q+1;. The number of benzene rings is 2. The first-order chi connectivity index (χ1) is 18.5. The third kappa shape index (κ3) is 6.10. The van der Waals surface area contributed by atoms with Crippen LogP contribution in [0.5, 0.6) is 23.0 Å². The average molecular weight is 561 g/mol. The highest BCUT2D eigenvalue weighted by molar-refractivity contribution is 7.87. The Kier molecular flexibility index (Phi) is 9.41. The third-order valence-corrected chi connectivity index (χ3v) is 7.69. The molecule has 0 spiro atoms. The number of hydrogen-bond acceptors (Lipinski definition) is 7. The predicted molar refractivity (Wildman–Crippen MR) is 148 cm³/mol. The molecule has 2 aromatic heterocycles. The fraction of sp³-hybridized carbons (Fsp3) is 0.357. The lowest BCUT2D eigenvalue weighted by Gasteiger charge is -2.12. The molecule has 0 aliphatic heterocycles. The van der Waals surface area contributed by atoms with Gasteiger partial charge in [-0.15, -0.1) is 0 Å². The summed E-state index contributed by atoms with van der Waals surface area (Å²) in [4.78, 5) is 10.0. The largest absolute Gasteiger partial charge is 0.493 e. The van der Waals surface area contributed by atoms with Crippen molar-refractivity contribution in [3.63, 3.8) is 0 Å². The highest BCUT2D eigenvalue weighted by Crippen LogP contribution is 2.37. The molecule has 0 aliphatic carbocycles. The molecule has 0 saturated heterocycles. The van der Waals surface area contributed by atoms with E-state index in [9.17, 15) is 13.2 Å². The summed E-state index contributed by atoms with van der Waals surface area (Å²) in [7, 11) is 2.25. The molecule has 0 bridgehead atoms. The maximum absolute atomic E-state index is 10.2. The Labute approximate surface area is 227 Å². The molecule has 0 fully saturated rings. The van der Waals surface area contributed by atoms with Gasteiger partial charge in [-0.2, -0.15) is 12.8 Å². The van der Waals surface area contributed by atoms with E-state index in [1.54, 1.807) is 28.4 Å². The van der Waals surface area contributed by atoms with Crippen LogP contribution < -0.4 is 23.3 Å². The highest BCUT2D eigenvalue weighted by Gasteiger charge is 2.28. The molecule has 1 atom stereocenters. The lowest BCUT2D eigenvalue weighted by Crippen LogP contribution is -2.28. The van der Waals surface area contributed by atoms with Crippen LogP contribution in [0.2, 0.25) is 0 Å². The SMILES string of the molecule is CCC(C(=O)O)S(=O)(=O)O.CCCc1c2cc(OC)c(OC)cc2cc2c3cc(OC)c(OC)cc3cc[n+]12. The molecular weight excluding hydrogens is 526 g/mol. The maximum atomic E-state index is 10.2. The number of carbonyl (C=O) groups is 1. The zero-order chi connectivity index (χ0) is 28.9. The second kappa shape index (κ2) is 12.4. The Bertz CT molecular complexity index is 1620. The lowest BCUT2D eigenvalue weighted by atomic mass is 10.0. The van der Waals surface area contributed by atoms with E-state index in [2.05, 4.69) is 35.7 Å². The Morgan fingerprint density at radius 3 is 1.79 bits per heavy atom. The number of aliphatic carboxylic acids is 1. The first kappa shape index (κ1) is 29.7. The smallest absolute Gasteiger partial charge is 0.324 e. The molecule has 210 valence electrons.